The Balaban J connectivity index is 2.18. The second kappa shape index (κ2) is 5.98. The van der Waals surface area contributed by atoms with Crippen LogP contribution >= 0.6 is 0 Å². The van der Waals surface area contributed by atoms with E-state index in [1.54, 1.807) is 0 Å². The molecule has 0 aliphatic heterocycles. The molecule has 0 fully saturated rings. The standard InChI is InChI=1S/C17H21NO/c1-4-14-8-9-15(18-11-14)10-16(19)17-12(2)6-5-7-13(17)3/h5-9,11,16,19H,4,10H2,1-3H3. The van der Waals surface area contributed by atoms with E-state index in [0.717, 1.165) is 28.8 Å². The third-order valence-electron chi connectivity index (χ3n) is 3.57. The minimum atomic E-state index is -0.485. The molecule has 0 spiro atoms. The molecule has 2 heteroatoms. The van der Waals surface area contributed by atoms with Crippen molar-refractivity contribution < 1.29 is 5.11 Å². The average molecular weight is 255 g/mol. The molecule has 0 saturated heterocycles. The third-order valence-corrected chi connectivity index (χ3v) is 3.57. The maximum Gasteiger partial charge on any atom is 0.0850 e. The number of aromatic nitrogens is 1. The van der Waals surface area contributed by atoms with E-state index in [9.17, 15) is 5.11 Å². The van der Waals surface area contributed by atoms with Gasteiger partial charge < -0.3 is 5.11 Å². The Morgan fingerprint density at radius 2 is 1.79 bits per heavy atom. The summed E-state index contributed by atoms with van der Waals surface area (Å²) in [5.74, 6) is 0. The smallest absolute Gasteiger partial charge is 0.0850 e. The summed E-state index contributed by atoms with van der Waals surface area (Å²) in [5.41, 5.74) is 5.47. The largest absolute Gasteiger partial charge is 0.388 e. The van der Waals surface area contributed by atoms with Gasteiger partial charge in [-0.3, -0.25) is 4.98 Å². The maximum atomic E-state index is 10.4. The second-order valence-electron chi connectivity index (χ2n) is 5.04. The quantitative estimate of drug-likeness (QED) is 0.906. The molecule has 0 radical (unpaired) electrons. The molecule has 0 aliphatic rings. The first-order chi connectivity index (χ1) is 9.11. The molecule has 1 aromatic heterocycles. The van der Waals surface area contributed by atoms with Gasteiger partial charge in [-0.05, 0) is 48.6 Å². The minimum Gasteiger partial charge on any atom is -0.388 e. The van der Waals surface area contributed by atoms with E-state index < -0.39 is 6.10 Å². The number of rotatable bonds is 4. The van der Waals surface area contributed by atoms with Gasteiger partial charge in [-0.1, -0.05) is 31.2 Å². The highest BCUT2D eigenvalue weighted by Gasteiger charge is 2.14. The predicted octanol–water partition coefficient (Wildman–Crippen LogP) is 3.54. The molecular weight excluding hydrogens is 234 g/mol. The molecule has 2 rings (SSSR count). The number of benzene rings is 1. The van der Waals surface area contributed by atoms with E-state index in [1.165, 1.54) is 5.56 Å². The molecule has 1 N–H and O–H groups in total. The van der Waals surface area contributed by atoms with E-state index in [2.05, 4.69) is 18.0 Å². The fraction of sp³-hybridized carbons (Fsp3) is 0.353. The van der Waals surface area contributed by atoms with Crippen molar-refractivity contribution in [2.45, 2.75) is 39.7 Å². The van der Waals surface area contributed by atoms with Crippen LogP contribution in [-0.2, 0) is 12.8 Å². The molecule has 1 atom stereocenters. The number of aryl methyl sites for hydroxylation is 3. The van der Waals surface area contributed by atoms with E-state index in [0.29, 0.717) is 6.42 Å². The van der Waals surface area contributed by atoms with Crippen molar-refractivity contribution in [1.82, 2.24) is 4.98 Å². The van der Waals surface area contributed by atoms with Crippen LogP contribution in [0.25, 0.3) is 0 Å². The van der Waals surface area contributed by atoms with Crippen molar-refractivity contribution >= 4 is 0 Å². The van der Waals surface area contributed by atoms with Crippen molar-refractivity contribution in [3.63, 3.8) is 0 Å². The third kappa shape index (κ3) is 3.21. The van der Waals surface area contributed by atoms with Gasteiger partial charge in [0.2, 0.25) is 0 Å². The lowest BCUT2D eigenvalue weighted by molar-refractivity contribution is 0.176. The normalized spacial score (nSPS) is 12.4. The van der Waals surface area contributed by atoms with Crippen LogP contribution in [0.2, 0.25) is 0 Å². The number of aliphatic hydroxyl groups is 1. The zero-order valence-corrected chi connectivity index (χ0v) is 11.9. The van der Waals surface area contributed by atoms with Crippen molar-refractivity contribution in [3.05, 3.63) is 64.5 Å². The maximum absolute atomic E-state index is 10.4. The zero-order valence-electron chi connectivity index (χ0n) is 11.9. The summed E-state index contributed by atoms with van der Waals surface area (Å²) in [4.78, 5) is 4.41. The van der Waals surface area contributed by atoms with Crippen molar-refractivity contribution in [3.8, 4) is 0 Å². The van der Waals surface area contributed by atoms with Crippen LogP contribution in [0.5, 0.6) is 0 Å². The van der Waals surface area contributed by atoms with Gasteiger partial charge in [0, 0.05) is 18.3 Å². The van der Waals surface area contributed by atoms with Crippen LogP contribution in [0.15, 0.2) is 36.5 Å². The second-order valence-corrected chi connectivity index (χ2v) is 5.04. The molecule has 100 valence electrons. The number of hydrogen-bond donors (Lipinski definition) is 1. The first-order valence-corrected chi connectivity index (χ1v) is 6.79. The molecule has 0 saturated carbocycles. The lowest BCUT2D eigenvalue weighted by Gasteiger charge is -2.16. The Kier molecular flexibility index (Phi) is 4.33. The molecule has 2 aromatic rings. The fourth-order valence-electron chi connectivity index (χ4n) is 2.44. The van der Waals surface area contributed by atoms with Crippen LogP contribution in [0.1, 0.15) is 41.0 Å². The van der Waals surface area contributed by atoms with Gasteiger partial charge in [0.25, 0.3) is 0 Å². The summed E-state index contributed by atoms with van der Waals surface area (Å²) in [5, 5.41) is 10.4. The van der Waals surface area contributed by atoms with Crippen LogP contribution < -0.4 is 0 Å². The van der Waals surface area contributed by atoms with E-state index >= 15 is 0 Å². The summed E-state index contributed by atoms with van der Waals surface area (Å²) in [7, 11) is 0. The molecule has 2 nitrogen and oxygen atoms in total. The van der Waals surface area contributed by atoms with Gasteiger partial charge in [-0.15, -0.1) is 0 Å². The van der Waals surface area contributed by atoms with Gasteiger partial charge in [0.15, 0.2) is 0 Å². The predicted molar refractivity (Wildman–Crippen MR) is 78.2 cm³/mol. The Labute approximate surface area is 115 Å². The summed E-state index contributed by atoms with van der Waals surface area (Å²) in [6.45, 7) is 6.19. The number of pyridine rings is 1. The number of nitrogens with zero attached hydrogens (tertiary/aromatic N) is 1. The first kappa shape index (κ1) is 13.8. The van der Waals surface area contributed by atoms with Crippen LogP contribution in [0, 0.1) is 13.8 Å². The number of aliphatic hydroxyl groups excluding tert-OH is 1. The molecular formula is C17H21NO. The molecule has 19 heavy (non-hydrogen) atoms. The van der Waals surface area contributed by atoms with E-state index in [-0.39, 0.29) is 0 Å². The van der Waals surface area contributed by atoms with Gasteiger partial charge in [0.1, 0.15) is 0 Å². The van der Waals surface area contributed by atoms with Crippen molar-refractivity contribution in [1.29, 1.82) is 0 Å². The molecule has 0 aliphatic carbocycles. The fourth-order valence-corrected chi connectivity index (χ4v) is 2.44. The highest BCUT2D eigenvalue weighted by Crippen LogP contribution is 2.24. The van der Waals surface area contributed by atoms with Crippen molar-refractivity contribution in [2.24, 2.45) is 0 Å². The Morgan fingerprint density at radius 3 is 2.32 bits per heavy atom. The lowest BCUT2D eigenvalue weighted by atomic mass is 9.95. The summed E-state index contributed by atoms with van der Waals surface area (Å²) in [6, 6.07) is 10.2. The zero-order chi connectivity index (χ0) is 13.8. The lowest BCUT2D eigenvalue weighted by Crippen LogP contribution is -2.07. The summed E-state index contributed by atoms with van der Waals surface area (Å²) in [6.07, 6.45) is 2.97. The monoisotopic (exact) mass is 255 g/mol. The van der Waals surface area contributed by atoms with Gasteiger partial charge in [-0.25, -0.2) is 0 Å². The SMILES string of the molecule is CCc1ccc(CC(O)c2c(C)cccc2C)nc1. The van der Waals surface area contributed by atoms with Crippen molar-refractivity contribution in [2.75, 3.05) is 0 Å². The van der Waals surface area contributed by atoms with E-state index in [1.807, 2.05) is 44.3 Å². The topological polar surface area (TPSA) is 33.1 Å². The van der Waals surface area contributed by atoms with Gasteiger partial charge in [-0.2, -0.15) is 0 Å². The first-order valence-electron chi connectivity index (χ1n) is 6.79. The van der Waals surface area contributed by atoms with E-state index in [4.69, 9.17) is 0 Å². The molecule has 1 heterocycles. The molecule has 0 amide bonds. The molecule has 0 bridgehead atoms. The van der Waals surface area contributed by atoms with Gasteiger partial charge in [0.05, 0.1) is 6.10 Å². The highest BCUT2D eigenvalue weighted by molar-refractivity contribution is 5.36. The van der Waals surface area contributed by atoms with Crippen LogP contribution in [-0.4, -0.2) is 10.1 Å². The Bertz CT molecular complexity index is 525. The average Bonchev–Trinajstić information content (AvgIpc) is 2.39. The number of hydrogen-bond acceptors (Lipinski definition) is 2. The summed E-state index contributed by atoms with van der Waals surface area (Å²) >= 11 is 0. The Hall–Kier alpha value is -1.67. The summed E-state index contributed by atoms with van der Waals surface area (Å²) < 4.78 is 0. The van der Waals surface area contributed by atoms with Crippen LogP contribution in [0.3, 0.4) is 0 Å². The van der Waals surface area contributed by atoms with Gasteiger partial charge >= 0.3 is 0 Å². The van der Waals surface area contributed by atoms with Crippen LogP contribution in [0.4, 0.5) is 0 Å². The molecule has 1 unspecified atom stereocenters. The Morgan fingerprint density at radius 1 is 1.11 bits per heavy atom. The minimum absolute atomic E-state index is 0.485. The highest BCUT2D eigenvalue weighted by atomic mass is 16.3. The molecule has 1 aromatic carbocycles.